The van der Waals surface area contributed by atoms with E-state index in [1.165, 1.54) is 0 Å². The summed E-state index contributed by atoms with van der Waals surface area (Å²) >= 11 is 1.63. The number of anilines is 2. The fraction of sp³-hybridized carbons (Fsp3) is 0.375. The number of nitrogens with one attached hydrogen (secondary N) is 2. The van der Waals surface area contributed by atoms with Crippen LogP contribution in [0.15, 0.2) is 35.8 Å². The van der Waals surface area contributed by atoms with Gasteiger partial charge in [-0.3, -0.25) is 0 Å². The van der Waals surface area contributed by atoms with Gasteiger partial charge in [-0.2, -0.15) is 0 Å². The van der Waals surface area contributed by atoms with Crippen molar-refractivity contribution in [3.05, 3.63) is 40.7 Å². The molecular weight excluding hydrogens is 312 g/mol. The van der Waals surface area contributed by atoms with Gasteiger partial charge in [-0.25, -0.2) is 9.78 Å². The molecule has 0 unspecified atom stereocenters. The van der Waals surface area contributed by atoms with Gasteiger partial charge in [0.25, 0.3) is 0 Å². The highest BCUT2D eigenvalue weighted by atomic mass is 32.1. The zero-order valence-electron chi connectivity index (χ0n) is 13.0. The number of rotatable bonds is 4. The van der Waals surface area contributed by atoms with Gasteiger partial charge in [0.15, 0.2) is 0 Å². The average molecular weight is 332 g/mol. The lowest BCUT2D eigenvalue weighted by Gasteiger charge is -2.27. The largest absolute Gasteiger partial charge is 0.378 e. The number of carbonyl (C=O) groups excluding carboxylic acids is 1. The van der Waals surface area contributed by atoms with Crippen LogP contribution in [0.3, 0.4) is 0 Å². The Morgan fingerprint density at radius 2 is 2.17 bits per heavy atom. The maximum Gasteiger partial charge on any atom is 0.319 e. The molecule has 0 aliphatic carbocycles. The molecule has 2 aromatic rings. The Morgan fingerprint density at radius 1 is 1.35 bits per heavy atom. The SMILES string of the molecule is C[C@@H](NC(=O)Nc1ccc(N2CCOCC2)nc1)c1cccs1. The highest BCUT2D eigenvalue weighted by Crippen LogP contribution is 2.19. The summed E-state index contributed by atoms with van der Waals surface area (Å²) < 4.78 is 5.33. The van der Waals surface area contributed by atoms with Crippen molar-refractivity contribution >= 4 is 28.9 Å². The molecule has 0 saturated carbocycles. The molecular formula is C16H20N4O2S. The molecule has 1 fully saturated rings. The molecule has 7 heteroatoms. The van der Waals surface area contributed by atoms with E-state index in [4.69, 9.17) is 4.74 Å². The predicted octanol–water partition coefficient (Wildman–Crippen LogP) is 2.86. The molecule has 23 heavy (non-hydrogen) atoms. The van der Waals surface area contributed by atoms with Crippen LogP contribution in [-0.4, -0.2) is 37.3 Å². The molecule has 0 spiro atoms. The first-order valence-corrected chi connectivity index (χ1v) is 8.50. The van der Waals surface area contributed by atoms with Crippen molar-refractivity contribution in [2.45, 2.75) is 13.0 Å². The molecule has 2 N–H and O–H groups in total. The van der Waals surface area contributed by atoms with Crippen LogP contribution in [0.1, 0.15) is 17.8 Å². The number of carbonyl (C=O) groups is 1. The van der Waals surface area contributed by atoms with E-state index in [0.29, 0.717) is 5.69 Å². The summed E-state index contributed by atoms with van der Waals surface area (Å²) in [5, 5.41) is 7.73. The second kappa shape index (κ2) is 7.43. The lowest BCUT2D eigenvalue weighted by molar-refractivity contribution is 0.122. The molecule has 3 rings (SSSR count). The van der Waals surface area contributed by atoms with Crippen molar-refractivity contribution in [1.29, 1.82) is 0 Å². The highest BCUT2D eigenvalue weighted by molar-refractivity contribution is 7.10. The number of ether oxygens (including phenoxy) is 1. The number of nitrogens with zero attached hydrogens (tertiary/aromatic N) is 2. The normalized spacial score (nSPS) is 16.0. The molecule has 1 aliphatic rings. The van der Waals surface area contributed by atoms with Gasteiger partial charge in [0.2, 0.25) is 0 Å². The summed E-state index contributed by atoms with van der Waals surface area (Å²) in [5.41, 5.74) is 0.679. The molecule has 1 saturated heterocycles. The number of morpholine rings is 1. The molecule has 0 bridgehead atoms. The Morgan fingerprint density at radius 3 is 2.83 bits per heavy atom. The number of thiophene rings is 1. The van der Waals surface area contributed by atoms with Gasteiger partial charge in [0.05, 0.1) is 31.1 Å². The van der Waals surface area contributed by atoms with Gasteiger partial charge < -0.3 is 20.3 Å². The minimum absolute atomic E-state index is 0.0180. The van der Waals surface area contributed by atoms with E-state index in [1.807, 2.05) is 36.6 Å². The van der Waals surface area contributed by atoms with Gasteiger partial charge in [-0.15, -0.1) is 11.3 Å². The van der Waals surface area contributed by atoms with Crippen LogP contribution in [0, 0.1) is 0 Å². The van der Waals surface area contributed by atoms with Crippen molar-refractivity contribution in [2.24, 2.45) is 0 Å². The summed E-state index contributed by atoms with van der Waals surface area (Å²) in [7, 11) is 0. The molecule has 122 valence electrons. The first-order valence-electron chi connectivity index (χ1n) is 7.62. The molecule has 2 amide bonds. The van der Waals surface area contributed by atoms with Crippen LogP contribution in [0.4, 0.5) is 16.3 Å². The van der Waals surface area contributed by atoms with Crippen LogP contribution in [0.2, 0.25) is 0 Å². The second-order valence-corrected chi connectivity index (χ2v) is 6.32. The Bertz CT molecular complexity index is 624. The Hall–Kier alpha value is -2.12. The van der Waals surface area contributed by atoms with Crippen molar-refractivity contribution in [3.63, 3.8) is 0 Å². The molecule has 1 aliphatic heterocycles. The van der Waals surface area contributed by atoms with Crippen molar-refractivity contribution in [1.82, 2.24) is 10.3 Å². The molecule has 6 nitrogen and oxygen atoms in total. The average Bonchev–Trinajstić information content (AvgIpc) is 3.11. The monoisotopic (exact) mass is 332 g/mol. The Balaban J connectivity index is 1.54. The third-order valence-electron chi connectivity index (χ3n) is 3.66. The topological polar surface area (TPSA) is 66.5 Å². The fourth-order valence-electron chi connectivity index (χ4n) is 2.41. The quantitative estimate of drug-likeness (QED) is 0.903. The van der Waals surface area contributed by atoms with Crippen molar-refractivity contribution < 1.29 is 9.53 Å². The Labute approximate surface area is 139 Å². The smallest absolute Gasteiger partial charge is 0.319 e. The van der Waals surface area contributed by atoms with Gasteiger partial charge in [0.1, 0.15) is 5.82 Å². The Kier molecular flexibility index (Phi) is 5.09. The maximum absolute atomic E-state index is 12.0. The lowest BCUT2D eigenvalue weighted by Crippen LogP contribution is -2.36. The van der Waals surface area contributed by atoms with E-state index in [0.717, 1.165) is 37.0 Å². The number of amides is 2. The van der Waals surface area contributed by atoms with Crippen molar-refractivity contribution in [3.8, 4) is 0 Å². The third kappa shape index (κ3) is 4.20. The standard InChI is InChI=1S/C16H20N4O2S/c1-12(14-3-2-10-23-14)18-16(21)19-13-4-5-15(17-11-13)20-6-8-22-9-7-20/h2-5,10-12H,6-9H2,1H3,(H2,18,19,21)/t12-/m1/s1. The first kappa shape index (κ1) is 15.8. The van der Waals surface area contributed by atoms with Gasteiger partial charge >= 0.3 is 6.03 Å². The molecule has 1 atom stereocenters. The van der Waals surface area contributed by atoms with Gasteiger partial charge in [0, 0.05) is 18.0 Å². The van der Waals surface area contributed by atoms with Crippen LogP contribution in [0.5, 0.6) is 0 Å². The fourth-order valence-corrected chi connectivity index (χ4v) is 3.15. The molecule has 0 aromatic carbocycles. The molecule has 3 heterocycles. The molecule has 2 aromatic heterocycles. The summed E-state index contributed by atoms with van der Waals surface area (Å²) in [6, 6.07) is 7.53. The zero-order valence-corrected chi connectivity index (χ0v) is 13.8. The van der Waals surface area contributed by atoms with E-state index in [9.17, 15) is 4.79 Å². The summed E-state index contributed by atoms with van der Waals surface area (Å²) in [4.78, 5) is 19.7. The zero-order chi connectivity index (χ0) is 16.1. The van der Waals surface area contributed by atoms with E-state index < -0.39 is 0 Å². The highest BCUT2D eigenvalue weighted by Gasteiger charge is 2.13. The van der Waals surface area contributed by atoms with E-state index in [1.54, 1.807) is 17.5 Å². The number of urea groups is 1. The van der Waals surface area contributed by atoms with E-state index in [2.05, 4.69) is 20.5 Å². The summed E-state index contributed by atoms with van der Waals surface area (Å²) in [6.07, 6.45) is 1.68. The van der Waals surface area contributed by atoms with Gasteiger partial charge in [-0.1, -0.05) is 6.07 Å². The predicted molar refractivity (Wildman–Crippen MR) is 92.2 cm³/mol. The second-order valence-electron chi connectivity index (χ2n) is 5.34. The minimum Gasteiger partial charge on any atom is -0.378 e. The van der Waals surface area contributed by atoms with Gasteiger partial charge in [-0.05, 0) is 30.5 Å². The maximum atomic E-state index is 12.0. The number of hydrogen-bond donors (Lipinski definition) is 2. The molecule has 0 radical (unpaired) electrons. The third-order valence-corrected chi connectivity index (χ3v) is 4.71. The number of hydrogen-bond acceptors (Lipinski definition) is 5. The van der Waals surface area contributed by atoms with Crippen molar-refractivity contribution in [2.75, 3.05) is 36.5 Å². The first-order chi connectivity index (χ1) is 11.2. The minimum atomic E-state index is -0.230. The number of aromatic nitrogens is 1. The van der Waals surface area contributed by atoms with Crippen LogP contribution < -0.4 is 15.5 Å². The van der Waals surface area contributed by atoms with Crippen LogP contribution in [0.25, 0.3) is 0 Å². The van der Waals surface area contributed by atoms with Crippen LogP contribution >= 0.6 is 11.3 Å². The lowest BCUT2D eigenvalue weighted by atomic mass is 10.3. The van der Waals surface area contributed by atoms with E-state index in [-0.39, 0.29) is 12.1 Å². The van der Waals surface area contributed by atoms with E-state index >= 15 is 0 Å². The summed E-state index contributed by atoms with van der Waals surface area (Å²) in [6.45, 7) is 5.11. The van der Waals surface area contributed by atoms with Crippen LogP contribution in [-0.2, 0) is 4.74 Å². The number of pyridine rings is 1. The summed E-state index contributed by atoms with van der Waals surface area (Å²) in [5.74, 6) is 0.909.